The molecule has 1 rings (SSSR count). The summed E-state index contributed by atoms with van der Waals surface area (Å²) in [5.74, 6) is -0.737. The molecule has 0 atom stereocenters. The quantitative estimate of drug-likeness (QED) is 0.841. The van der Waals surface area contributed by atoms with Gasteiger partial charge in [0.15, 0.2) is 0 Å². The summed E-state index contributed by atoms with van der Waals surface area (Å²) in [7, 11) is 0. The van der Waals surface area contributed by atoms with Gasteiger partial charge in [0.05, 0.1) is 10.6 Å². The highest BCUT2D eigenvalue weighted by Crippen LogP contribution is 2.27. The molecule has 1 aromatic rings. The Labute approximate surface area is 101 Å². The minimum absolute atomic E-state index is 0.187. The van der Waals surface area contributed by atoms with E-state index in [4.69, 9.17) is 16.7 Å². The van der Waals surface area contributed by atoms with Gasteiger partial charge >= 0.3 is 5.97 Å². The molecular formula is C10H10ClIO2. The molecule has 0 radical (unpaired) electrons. The second-order valence-corrected chi connectivity index (χ2v) is 4.88. The van der Waals surface area contributed by atoms with Gasteiger partial charge in [-0.1, -0.05) is 25.4 Å². The van der Waals surface area contributed by atoms with Crippen molar-refractivity contribution in [2.24, 2.45) is 0 Å². The SMILES string of the molecule is CC(C)c1cc(I)c(Cl)cc1C(=O)O. The highest BCUT2D eigenvalue weighted by atomic mass is 127. The Morgan fingerprint density at radius 2 is 2.07 bits per heavy atom. The predicted octanol–water partition coefficient (Wildman–Crippen LogP) is 3.77. The minimum atomic E-state index is -0.924. The van der Waals surface area contributed by atoms with Crippen LogP contribution in [0.3, 0.4) is 0 Å². The summed E-state index contributed by atoms with van der Waals surface area (Å²) < 4.78 is 0.887. The average Bonchev–Trinajstić information content (AvgIpc) is 2.08. The third kappa shape index (κ3) is 2.39. The molecular weight excluding hydrogens is 314 g/mol. The third-order valence-corrected chi connectivity index (χ3v) is 3.47. The zero-order chi connectivity index (χ0) is 10.9. The Balaban J connectivity index is 3.39. The van der Waals surface area contributed by atoms with Crippen LogP contribution in [0.1, 0.15) is 35.7 Å². The standard InChI is InChI=1S/C10H10ClIO2/c1-5(2)6-4-9(12)8(11)3-7(6)10(13)14/h3-5H,1-2H3,(H,13,14). The fourth-order valence-electron chi connectivity index (χ4n) is 1.23. The van der Waals surface area contributed by atoms with Crippen LogP contribution in [-0.4, -0.2) is 11.1 Å². The van der Waals surface area contributed by atoms with Crippen LogP contribution in [0.4, 0.5) is 0 Å². The van der Waals surface area contributed by atoms with E-state index in [0.717, 1.165) is 9.13 Å². The van der Waals surface area contributed by atoms with Crippen molar-refractivity contribution in [3.63, 3.8) is 0 Å². The van der Waals surface area contributed by atoms with Gasteiger partial charge in [0.1, 0.15) is 0 Å². The van der Waals surface area contributed by atoms with Crippen molar-refractivity contribution in [3.05, 3.63) is 31.9 Å². The first-order chi connectivity index (χ1) is 6.43. The number of carboxylic acids is 1. The van der Waals surface area contributed by atoms with Gasteiger partial charge in [0.2, 0.25) is 0 Å². The predicted molar refractivity (Wildman–Crippen MR) is 65.2 cm³/mol. The summed E-state index contributed by atoms with van der Waals surface area (Å²) in [5, 5.41) is 9.46. The lowest BCUT2D eigenvalue weighted by Gasteiger charge is -2.11. The molecule has 2 nitrogen and oxygen atoms in total. The lowest BCUT2D eigenvalue weighted by Crippen LogP contribution is -2.04. The summed E-state index contributed by atoms with van der Waals surface area (Å²) in [4.78, 5) is 10.9. The number of aromatic carboxylic acids is 1. The van der Waals surface area contributed by atoms with Crippen molar-refractivity contribution in [1.29, 1.82) is 0 Å². The van der Waals surface area contributed by atoms with Crippen LogP contribution in [0.25, 0.3) is 0 Å². The van der Waals surface area contributed by atoms with Crippen molar-refractivity contribution in [1.82, 2.24) is 0 Å². The second-order valence-electron chi connectivity index (χ2n) is 3.31. The molecule has 0 aliphatic heterocycles. The third-order valence-electron chi connectivity index (χ3n) is 1.94. The number of carboxylic acid groups (broad SMARTS) is 1. The Kier molecular flexibility index (Phi) is 3.78. The first kappa shape index (κ1) is 11.8. The van der Waals surface area contributed by atoms with Crippen molar-refractivity contribution in [2.45, 2.75) is 19.8 Å². The van der Waals surface area contributed by atoms with Crippen LogP contribution >= 0.6 is 34.2 Å². The summed E-state index contributed by atoms with van der Waals surface area (Å²) in [5.41, 5.74) is 1.12. The van der Waals surface area contributed by atoms with Gasteiger partial charge < -0.3 is 5.11 Å². The van der Waals surface area contributed by atoms with E-state index in [0.29, 0.717) is 10.6 Å². The van der Waals surface area contributed by atoms with E-state index < -0.39 is 5.97 Å². The van der Waals surface area contributed by atoms with Crippen molar-refractivity contribution in [3.8, 4) is 0 Å². The maximum atomic E-state index is 10.9. The van der Waals surface area contributed by atoms with E-state index in [1.54, 1.807) is 0 Å². The number of carbonyl (C=O) groups is 1. The monoisotopic (exact) mass is 324 g/mol. The molecule has 4 heteroatoms. The molecule has 0 amide bonds. The second kappa shape index (κ2) is 4.49. The number of hydrogen-bond acceptors (Lipinski definition) is 1. The lowest BCUT2D eigenvalue weighted by molar-refractivity contribution is 0.0695. The zero-order valence-corrected chi connectivity index (χ0v) is 10.8. The summed E-state index contributed by atoms with van der Waals surface area (Å²) >= 11 is 7.96. The van der Waals surface area contributed by atoms with Crippen molar-refractivity contribution >= 4 is 40.2 Å². The van der Waals surface area contributed by atoms with Gasteiger partial charge in [0.25, 0.3) is 0 Å². The zero-order valence-electron chi connectivity index (χ0n) is 7.84. The van der Waals surface area contributed by atoms with Crippen LogP contribution in [0.15, 0.2) is 12.1 Å². The van der Waals surface area contributed by atoms with Crippen LogP contribution < -0.4 is 0 Å². The average molecular weight is 325 g/mol. The van der Waals surface area contributed by atoms with E-state index in [-0.39, 0.29) is 5.92 Å². The maximum absolute atomic E-state index is 10.9. The minimum Gasteiger partial charge on any atom is -0.478 e. The van der Waals surface area contributed by atoms with Gasteiger partial charge in [-0.15, -0.1) is 0 Å². The summed E-state index contributed by atoms with van der Waals surface area (Å²) in [6.07, 6.45) is 0. The van der Waals surface area contributed by atoms with Crippen LogP contribution in [0.2, 0.25) is 5.02 Å². The fraction of sp³-hybridized carbons (Fsp3) is 0.300. The van der Waals surface area contributed by atoms with E-state index in [9.17, 15) is 4.79 Å². The maximum Gasteiger partial charge on any atom is 0.336 e. The molecule has 0 saturated heterocycles. The molecule has 0 aliphatic carbocycles. The van der Waals surface area contributed by atoms with Crippen molar-refractivity contribution < 1.29 is 9.90 Å². The molecule has 76 valence electrons. The van der Waals surface area contributed by atoms with Gasteiger partial charge in [-0.3, -0.25) is 0 Å². The van der Waals surface area contributed by atoms with E-state index in [1.165, 1.54) is 6.07 Å². The molecule has 0 saturated carbocycles. The first-order valence-electron chi connectivity index (χ1n) is 4.15. The van der Waals surface area contributed by atoms with E-state index in [1.807, 2.05) is 19.9 Å². The smallest absolute Gasteiger partial charge is 0.336 e. The molecule has 0 fully saturated rings. The Bertz CT molecular complexity index is 375. The molecule has 1 N–H and O–H groups in total. The summed E-state index contributed by atoms with van der Waals surface area (Å²) in [6, 6.07) is 3.35. The van der Waals surface area contributed by atoms with Gasteiger partial charge in [-0.25, -0.2) is 4.79 Å². The van der Waals surface area contributed by atoms with Gasteiger partial charge in [0, 0.05) is 3.57 Å². The van der Waals surface area contributed by atoms with Crippen LogP contribution in [-0.2, 0) is 0 Å². The lowest BCUT2D eigenvalue weighted by atomic mass is 9.97. The van der Waals surface area contributed by atoms with E-state index >= 15 is 0 Å². The molecule has 0 aliphatic rings. The molecule has 0 spiro atoms. The normalized spacial score (nSPS) is 10.6. The highest BCUT2D eigenvalue weighted by Gasteiger charge is 2.15. The Morgan fingerprint density at radius 3 is 2.50 bits per heavy atom. The molecule has 0 unspecified atom stereocenters. The first-order valence-corrected chi connectivity index (χ1v) is 5.61. The van der Waals surface area contributed by atoms with Gasteiger partial charge in [-0.05, 0) is 46.2 Å². The van der Waals surface area contributed by atoms with Crippen LogP contribution in [0, 0.1) is 3.57 Å². The number of hydrogen-bond donors (Lipinski definition) is 1. The highest BCUT2D eigenvalue weighted by molar-refractivity contribution is 14.1. The number of halogens is 2. The molecule has 0 heterocycles. The Hall–Kier alpha value is -0.290. The Morgan fingerprint density at radius 1 is 1.50 bits per heavy atom. The molecule has 0 bridgehead atoms. The molecule has 1 aromatic carbocycles. The molecule has 14 heavy (non-hydrogen) atoms. The topological polar surface area (TPSA) is 37.3 Å². The van der Waals surface area contributed by atoms with Gasteiger partial charge in [-0.2, -0.15) is 0 Å². The van der Waals surface area contributed by atoms with E-state index in [2.05, 4.69) is 22.6 Å². The molecule has 0 aromatic heterocycles. The number of rotatable bonds is 2. The van der Waals surface area contributed by atoms with Crippen molar-refractivity contribution in [2.75, 3.05) is 0 Å². The largest absolute Gasteiger partial charge is 0.478 e. The fourth-order valence-corrected chi connectivity index (χ4v) is 1.88. The number of benzene rings is 1. The summed E-state index contributed by atoms with van der Waals surface area (Å²) in [6.45, 7) is 3.93. The van der Waals surface area contributed by atoms with Crippen LogP contribution in [0.5, 0.6) is 0 Å².